The summed E-state index contributed by atoms with van der Waals surface area (Å²) in [5, 5.41) is 15.4. The van der Waals surface area contributed by atoms with E-state index in [-0.39, 0.29) is 12.3 Å². The number of benzene rings is 1. The van der Waals surface area contributed by atoms with E-state index in [0.29, 0.717) is 28.5 Å². The Morgan fingerprint density at radius 1 is 0.923 bits per heavy atom. The Morgan fingerprint density at radius 3 is 2.69 bits per heavy atom. The van der Waals surface area contributed by atoms with Crippen molar-refractivity contribution >= 4 is 45.1 Å². The zero-order valence-electron chi connectivity index (χ0n) is 20.4. The number of carbonyl (C=O) groups excluding carboxylic acids is 1. The Hall–Kier alpha value is -5.22. The van der Waals surface area contributed by atoms with Crippen molar-refractivity contribution in [1.29, 1.82) is 0 Å². The van der Waals surface area contributed by atoms with Crippen LogP contribution in [0, 0.1) is 0 Å². The summed E-state index contributed by atoms with van der Waals surface area (Å²) in [7, 11) is 0. The standard InChI is InChI=1S/C29H20N8OS/c38-24(10-17-4-2-1-3-5-17)33-21-11-19(13-30-15-21)20-12-23-26(36-37-27(23)32-14-20)29-34-25-22(18-7-9-39-16-18)6-8-31-28(25)35-29/h1-9,11-16H,10H2,(H,33,38)(H,31,34,35)(H,32,36,37). The van der Waals surface area contributed by atoms with Gasteiger partial charge in [0.05, 0.1) is 23.7 Å². The number of thiophene rings is 1. The number of nitrogens with zero attached hydrogens (tertiary/aromatic N) is 5. The van der Waals surface area contributed by atoms with Crippen LogP contribution < -0.4 is 5.32 Å². The highest BCUT2D eigenvalue weighted by Crippen LogP contribution is 2.32. The van der Waals surface area contributed by atoms with E-state index in [1.807, 2.05) is 53.9 Å². The second-order valence-electron chi connectivity index (χ2n) is 9.02. The van der Waals surface area contributed by atoms with E-state index in [9.17, 15) is 4.79 Å². The Balaban J connectivity index is 1.21. The minimum Gasteiger partial charge on any atom is -0.324 e. The van der Waals surface area contributed by atoms with Gasteiger partial charge in [-0.25, -0.2) is 15.0 Å². The molecule has 7 aromatic rings. The number of pyridine rings is 3. The zero-order valence-corrected chi connectivity index (χ0v) is 21.2. The molecule has 9 nitrogen and oxygen atoms in total. The maximum Gasteiger partial charge on any atom is 0.228 e. The van der Waals surface area contributed by atoms with Crippen molar-refractivity contribution in [3.63, 3.8) is 0 Å². The number of rotatable bonds is 6. The van der Waals surface area contributed by atoms with Crippen LogP contribution in [0.4, 0.5) is 5.69 Å². The molecule has 0 aliphatic carbocycles. The highest BCUT2D eigenvalue weighted by molar-refractivity contribution is 7.08. The van der Waals surface area contributed by atoms with Gasteiger partial charge in [-0.3, -0.25) is 14.9 Å². The summed E-state index contributed by atoms with van der Waals surface area (Å²) in [6, 6.07) is 17.5. The van der Waals surface area contributed by atoms with Crippen molar-refractivity contribution < 1.29 is 4.79 Å². The van der Waals surface area contributed by atoms with Gasteiger partial charge in [-0.05, 0) is 46.2 Å². The summed E-state index contributed by atoms with van der Waals surface area (Å²) in [6.45, 7) is 0. The predicted molar refractivity (Wildman–Crippen MR) is 152 cm³/mol. The fourth-order valence-electron chi connectivity index (χ4n) is 4.57. The summed E-state index contributed by atoms with van der Waals surface area (Å²) in [4.78, 5) is 34.1. The molecule has 0 aliphatic rings. The maximum absolute atomic E-state index is 12.6. The first-order valence-electron chi connectivity index (χ1n) is 12.2. The molecule has 3 N–H and O–H groups in total. The van der Waals surface area contributed by atoms with Crippen LogP contribution in [-0.4, -0.2) is 41.0 Å². The van der Waals surface area contributed by atoms with Crippen LogP contribution in [-0.2, 0) is 11.2 Å². The van der Waals surface area contributed by atoms with E-state index >= 15 is 0 Å². The quantitative estimate of drug-likeness (QED) is 0.248. The average Bonchev–Trinajstić information content (AvgIpc) is 3.73. The van der Waals surface area contributed by atoms with Crippen molar-refractivity contribution in [2.45, 2.75) is 6.42 Å². The Labute approximate surface area is 226 Å². The number of amides is 1. The fourth-order valence-corrected chi connectivity index (χ4v) is 5.22. The largest absolute Gasteiger partial charge is 0.324 e. The third-order valence-electron chi connectivity index (χ3n) is 6.42. The van der Waals surface area contributed by atoms with Gasteiger partial charge in [-0.15, -0.1) is 0 Å². The van der Waals surface area contributed by atoms with Crippen molar-refractivity contribution in [3.05, 3.63) is 95.7 Å². The lowest BCUT2D eigenvalue weighted by Gasteiger charge is -2.07. The molecule has 0 bridgehead atoms. The van der Waals surface area contributed by atoms with Crippen molar-refractivity contribution in [1.82, 2.24) is 35.1 Å². The maximum atomic E-state index is 12.6. The van der Waals surface area contributed by atoms with Crippen LogP contribution in [0.2, 0.25) is 0 Å². The van der Waals surface area contributed by atoms with Gasteiger partial charge in [-0.2, -0.15) is 16.4 Å². The number of hydrogen-bond donors (Lipinski definition) is 3. The first kappa shape index (κ1) is 22.9. The number of H-pyrrole nitrogens is 2. The summed E-state index contributed by atoms with van der Waals surface area (Å²) in [5.74, 6) is 0.497. The Morgan fingerprint density at radius 2 is 1.82 bits per heavy atom. The molecular formula is C29H20N8OS. The Kier molecular flexibility index (Phi) is 5.64. The van der Waals surface area contributed by atoms with Crippen molar-refractivity contribution in [3.8, 4) is 33.8 Å². The molecule has 0 atom stereocenters. The molecule has 1 aromatic carbocycles. The molecule has 0 fully saturated rings. The molecule has 39 heavy (non-hydrogen) atoms. The third kappa shape index (κ3) is 4.42. The molecular weight excluding hydrogens is 508 g/mol. The van der Waals surface area contributed by atoms with Gasteiger partial charge in [-0.1, -0.05) is 30.3 Å². The van der Waals surface area contributed by atoms with Crippen molar-refractivity contribution in [2.75, 3.05) is 5.32 Å². The first-order chi connectivity index (χ1) is 19.2. The van der Waals surface area contributed by atoms with Crippen LogP contribution in [0.15, 0.2) is 90.1 Å². The lowest BCUT2D eigenvalue weighted by molar-refractivity contribution is -0.115. The molecule has 6 aromatic heterocycles. The second kappa shape index (κ2) is 9.58. The summed E-state index contributed by atoms with van der Waals surface area (Å²) in [5.41, 5.74) is 8.10. The second-order valence-corrected chi connectivity index (χ2v) is 9.80. The molecule has 0 spiro atoms. The number of anilines is 1. The number of carbonyl (C=O) groups is 1. The van der Waals surface area contributed by atoms with Gasteiger partial charge in [0.25, 0.3) is 0 Å². The minimum absolute atomic E-state index is 0.105. The van der Waals surface area contributed by atoms with Gasteiger partial charge in [0.1, 0.15) is 11.2 Å². The first-order valence-corrected chi connectivity index (χ1v) is 13.2. The van der Waals surface area contributed by atoms with E-state index in [4.69, 9.17) is 4.98 Å². The van der Waals surface area contributed by atoms with Crippen LogP contribution in [0.25, 0.3) is 56.0 Å². The van der Waals surface area contributed by atoms with E-state index in [1.165, 1.54) is 0 Å². The molecule has 188 valence electrons. The van der Waals surface area contributed by atoms with Gasteiger partial charge in [0, 0.05) is 35.3 Å². The highest BCUT2D eigenvalue weighted by Gasteiger charge is 2.17. The van der Waals surface area contributed by atoms with Crippen LogP contribution in [0.1, 0.15) is 5.56 Å². The SMILES string of the molecule is O=C(Cc1ccccc1)Nc1cncc(-c2cnc3[nH]nc(-c4nc5c(-c6ccsc6)ccnc5[nH]4)c3c2)c1. The van der Waals surface area contributed by atoms with E-state index in [1.54, 1.807) is 36.1 Å². The number of aromatic amines is 2. The molecule has 7 rings (SSSR count). The monoisotopic (exact) mass is 528 g/mol. The average molecular weight is 529 g/mol. The Bertz CT molecular complexity index is 1940. The molecule has 0 saturated heterocycles. The molecule has 6 heterocycles. The normalized spacial score (nSPS) is 11.3. The van der Waals surface area contributed by atoms with Gasteiger partial charge >= 0.3 is 0 Å². The molecule has 0 unspecified atom stereocenters. The smallest absolute Gasteiger partial charge is 0.228 e. The van der Waals surface area contributed by atoms with E-state index in [0.717, 1.165) is 38.7 Å². The lowest BCUT2D eigenvalue weighted by atomic mass is 10.1. The van der Waals surface area contributed by atoms with Crippen LogP contribution >= 0.6 is 11.3 Å². The summed E-state index contributed by atoms with van der Waals surface area (Å²) < 4.78 is 0. The fraction of sp³-hybridized carbons (Fsp3) is 0.0345. The zero-order chi connectivity index (χ0) is 26.2. The van der Waals surface area contributed by atoms with Gasteiger partial charge in [0.15, 0.2) is 17.1 Å². The van der Waals surface area contributed by atoms with Gasteiger partial charge in [0.2, 0.25) is 5.91 Å². The lowest BCUT2D eigenvalue weighted by Crippen LogP contribution is -2.14. The topological polar surface area (TPSA) is 125 Å². The summed E-state index contributed by atoms with van der Waals surface area (Å²) >= 11 is 1.64. The van der Waals surface area contributed by atoms with E-state index < -0.39 is 0 Å². The molecule has 10 heteroatoms. The van der Waals surface area contributed by atoms with E-state index in [2.05, 4.69) is 46.9 Å². The number of imidazole rings is 1. The molecule has 0 aliphatic heterocycles. The molecule has 1 amide bonds. The summed E-state index contributed by atoms with van der Waals surface area (Å²) in [6.07, 6.45) is 7.20. The molecule has 0 saturated carbocycles. The number of aromatic nitrogens is 7. The third-order valence-corrected chi connectivity index (χ3v) is 7.10. The van der Waals surface area contributed by atoms with Crippen molar-refractivity contribution in [2.24, 2.45) is 0 Å². The number of fused-ring (bicyclic) bond motifs is 2. The van der Waals surface area contributed by atoms with Gasteiger partial charge < -0.3 is 10.3 Å². The minimum atomic E-state index is -0.105. The number of nitrogens with one attached hydrogen (secondary N) is 3. The highest BCUT2D eigenvalue weighted by atomic mass is 32.1. The van der Waals surface area contributed by atoms with Crippen LogP contribution in [0.5, 0.6) is 0 Å². The predicted octanol–water partition coefficient (Wildman–Crippen LogP) is 5.87. The number of hydrogen-bond acceptors (Lipinski definition) is 7. The molecule has 0 radical (unpaired) electrons. The van der Waals surface area contributed by atoms with Crippen LogP contribution in [0.3, 0.4) is 0 Å².